The van der Waals surface area contributed by atoms with Crippen LogP contribution in [0.4, 0.5) is 5.69 Å². The smallest absolute Gasteiger partial charge is 0.342 e. The molecule has 0 saturated carbocycles. The van der Waals surface area contributed by atoms with Crippen molar-refractivity contribution >= 4 is 23.3 Å². The van der Waals surface area contributed by atoms with Crippen molar-refractivity contribution in [2.75, 3.05) is 5.73 Å². The van der Waals surface area contributed by atoms with E-state index in [1.54, 1.807) is 22.9 Å². The van der Waals surface area contributed by atoms with Gasteiger partial charge in [-0.25, -0.2) is 14.5 Å². The van der Waals surface area contributed by atoms with Crippen LogP contribution in [-0.4, -0.2) is 20.7 Å². The Morgan fingerprint density at radius 1 is 1.50 bits per heavy atom. The minimum Gasteiger partial charge on any atom is -0.454 e. The van der Waals surface area contributed by atoms with E-state index in [9.17, 15) is 4.79 Å². The zero-order chi connectivity index (χ0) is 14.7. The number of carbonyl (C=O) groups is 1. The van der Waals surface area contributed by atoms with Gasteiger partial charge in [0, 0.05) is 11.7 Å². The molecule has 2 aromatic rings. The normalized spacial score (nSPS) is 10.8. The van der Waals surface area contributed by atoms with Crippen LogP contribution < -0.4 is 5.73 Å². The zero-order valence-electron chi connectivity index (χ0n) is 11.2. The van der Waals surface area contributed by atoms with Crippen LogP contribution in [0.15, 0.2) is 24.5 Å². The summed E-state index contributed by atoms with van der Waals surface area (Å²) in [5.41, 5.74) is 6.19. The Kier molecular flexibility index (Phi) is 4.24. The average molecular weight is 295 g/mol. The third-order valence-electron chi connectivity index (χ3n) is 2.72. The van der Waals surface area contributed by atoms with E-state index in [0.29, 0.717) is 5.82 Å². The van der Waals surface area contributed by atoms with Gasteiger partial charge in [0.15, 0.2) is 12.4 Å². The summed E-state index contributed by atoms with van der Waals surface area (Å²) < 4.78 is 6.88. The Bertz CT molecular complexity index is 604. The first-order valence-corrected chi connectivity index (χ1v) is 6.48. The fourth-order valence-electron chi connectivity index (χ4n) is 1.77. The molecule has 0 atom stereocenters. The molecule has 0 unspecified atom stereocenters. The monoisotopic (exact) mass is 294 g/mol. The number of nitrogens with two attached hydrogens (primary N) is 1. The molecular weight excluding hydrogens is 280 g/mol. The Morgan fingerprint density at radius 3 is 2.90 bits per heavy atom. The highest BCUT2D eigenvalue weighted by Gasteiger charge is 2.17. The summed E-state index contributed by atoms with van der Waals surface area (Å²) in [7, 11) is 0. The summed E-state index contributed by atoms with van der Waals surface area (Å²) in [5, 5.41) is 4.33. The highest BCUT2D eigenvalue weighted by molar-refractivity contribution is 6.34. The van der Waals surface area contributed by atoms with Gasteiger partial charge in [0.05, 0.1) is 5.02 Å². The summed E-state index contributed by atoms with van der Waals surface area (Å²) in [5.74, 6) is -0.00891. The lowest BCUT2D eigenvalue weighted by Crippen LogP contribution is -2.13. The van der Waals surface area contributed by atoms with Gasteiger partial charge in [0.2, 0.25) is 0 Å². The van der Waals surface area contributed by atoms with Crippen molar-refractivity contribution < 1.29 is 9.53 Å². The molecule has 106 valence electrons. The molecule has 20 heavy (non-hydrogen) atoms. The minimum atomic E-state index is -0.577. The first-order chi connectivity index (χ1) is 9.50. The van der Waals surface area contributed by atoms with E-state index in [0.717, 1.165) is 0 Å². The van der Waals surface area contributed by atoms with Gasteiger partial charge in [-0.2, -0.15) is 5.10 Å². The van der Waals surface area contributed by atoms with Crippen LogP contribution in [0.1, 0.15) is 36.1 Å². The fraction of sp³-hybridized carbons (Fsp3) is 0.308. The van der Waals surface area contributed by atoms with E-state index in [4.69, 9.17) is 22.1 Å². The van der Waals surface area contributed by atoms with E-state index in [1.807, 2.05) is 13.8 Å². The summed E-state index contributed by atoms with van der Waals surface area (Å²) in [6, 6.07) is 4.99. The number of halogens is 1. The maximum atomic E-state index is 12.0. The Balaban J connectivity index is 2.11. The van der Waals surface area contributed by atoms with Crippen LogP contribution in [0.3, 0.4) is 0 Å². The first-order valence-electron chi connectivity index (χ1n) is 6.10. The second-order valence-corrected chi connectivity index (χ2v) is 4.90. The summed E-state index contributed by atoms with van der Waals surface area (Å²) in [6.07, 6.45) is 1.42. The molecule has 0 bridgehead atoms. The minimum absolute atomic E-state index is 0.0156. The fourth-order valence-corrected chi connectivity index (χ4v) is 2.03. The molecule has 2 rings (SSSR count). The van der Waals surface area contributed by atoms with Crippen LogP contribution in [0.5, 0.6) is 0 Å². The number of nitrogens with zero attached hydrogens (tertiary/aromatic N) is 3. The molecular formula is C13H15ClN4O2. The lowest BCUT2D eigenvalue weighted by atomic mass is 10.2. The number of ether oxygens (including phenoxy) is 1. The summed E-state index contributed by atoms with van der Waals surface area (Å²) in [6.45, 7) is 3.94. The predicted molar refractivity (Wildman–Crippen MR) is 75.4 cm³/mol. The number of anilines is 1. The molecule has 1 heterocycles. The summed E-state index contributed by atoms with van der Waals surface area (Å²) in [4.78, 5) is 16.1. The molecule has 2 N–H and O–H groups in total. The highest BCUT2D eigenvalue weighted by atomic mass is 35.5. The van der Waals surface area contributed by atoms with Gasteiger partial charge in [-0.05, 0) is 26.0 Å². The number of nitrogen functional groups attached to an aromatic ring is 1. The van der Waals surface area contributed by atoms with Crippen molar-refractivity contribution in [3.63, 3.8) is 0 Å². The Hall–Kier alpha value is -2.08. The maximum absolute atomic E-state index is 12.0. The van der Waals surface area contributed by atoms with Crippen molar-refractivity contribution in [2.45, 2.75) is 26.5 Å². The third-order valence-corrected chi connectivity index (χ3v) is 3.03. The second kappa shape index (κ2) is 5.92. The number of rotatable bonds is 4. The summed E-state index contributed by atoms with van der Waals surface area (Å²) >= 11 is 5.95. The molecule has 0 fully saturated rings. The molecule has 1 aromatic carbocycles. The maximum Gasteiger partial charge on any atom is 0.342 e. The number of hydrogen-bond acceptors (Lipinski definition) is 5. The molecule has 7 heteroatoms. The topological polar surface area (TPSA) is 83.0 Å². The van der Waals surface area contributed by atoms with Crippen LogP contribution in [0.2, 0.25) is 5.02 Å². The largest absolute Gasteiger partial charge is 0.454 e. The average Bonchev–Trinajstić information content (AvgIpc) is 2.84. The molecule has 6 nitrogen and oxygen atoms in total. The van der Waals surface area contributed by atoms with Crippen LogP contribution >= 0.6 is 11.6 Å². The van der Waals surface area contributed by atoms with Gasteiger partial charge in [-0.1, -0.05) is 17.7 Å². The number of benzene rings is 1. The highest BCUT2D eigenvalue weighted by Crippen LogP contribution is 2.23. The van der Waals surface area contributed by atoms with Crippen molar-refractivity contribution in [1.29, 1.82) is 0 Å². The zero-order valence-corrected chi connectivity index (χ0v) is 12.0. The van der Waals surface area contributed by atoms with Crippen LogP contribution in [0.25, 0.3) is 0 Å². The number of aromatic nitrogens is 3. The number of esters is 1. The third kappa shape index (κ3) is 2.91. The molecule has 0 radical (unpaired) electrons. The van der Waals surface area contributed by atoms with Crippen molar-refractivity contribution in [1.82, 2.24) is 14.8 Å². The molecule has 1 aromatic heterocycles. The van der Waals surface area contributed by atoms with Crippen molar-refractivity contribution in [3.8, 4) is 0 Å². The van der Waals surface area contributed by atoms with E-state index < -0.39 is 5.97 Å². The quantitative estimate of drug-likeness (QED) is 0.692. The lowest BCUT2D eigenvalue weighted by Gasteiger charge is -2.11. The predicted octanol–water partition coefficient (Wildman–Crippen LogP) is 2.45. The molecule has 0 amide bonds. The van der Waals surface area contributed by atoms with Gasteiger partial charge in [0.25, 0.3) is 0 Å². The van der Waals surface area contributed by atoms with Gasteiger partial charge >= 0.3 is 5.97 Å². The SMILES string of the molecule is CC(C)n1ncnc1COC(=O)c1c(N)cccc1Cl. The van der Waals surface area contributed by atoms with Gasteiger partial charge in [-0.15, -0.1) is 0 Å². The molecule has 0 spiro atoms. The first kappa shape index (κ1) is 14.3. The molecule has 0 aliphatic carbocycles. The number of carbonyl (C=O) groups excluding carboxylic acids is 1. The van der Waals surface area contributed by atoms with Crippen molar-refractivity contribution in [2.24, 2.45) is 0 Å². The Labute approximate surface area is 121 Å². The molecule has 0 aliphatic rings. The van der Waals surface area contributed by atoms with E-state index in [-0.39, 0.29) is 28.9 Å². The Morgan fingerprint density at radius 2 is 2.25 bits per heavy atom. The van der Waals surface area contributed by atoms with Crippen molar-refractivity contribution in [3.05, 3.63) is 40.9 Å². The second-order valence-electron chi connectivity index (χ2n) is 4.49. The molecule has 0 saturated heterocycles. The van der Waals surface area contributed by atoms with Crippen LogP contribution in [-0.2, 0) is 11.3 Å². The van der Waals surface area contributed by atoms with E-state index in [1.165, 1.54) is 6.33 Å². The standard InChI is InChI=1S/C13H15ClN4O2/c1-8(2)18-11(16-7-17-18)6-20-13(19)12-9(14)4-3-5-10(12)15/h3-5,7-8H,6,15H2,1-2H3. The molecule has 0 aliphatic heterocycles. The van der Waals surface area contributed by atoms with E-state index in [2.05, 4.69) is 10.1 Å². The lowest BCUT2D eigenvalue weighted by molar-refractivity contribution is 0.0456. The number of hydrogen-bond donors (Lipinski definition) is 1. The van der Waals surface area contributed by atoms with Gasteiger partial charge in [0.1, 0.15) is 11.9 Å². The van der Waals surface area contributed by atoms with Crippen LogP contribution in [0, 0.1) is 0 Å². The van der Waals surface area contributed by atoms with Gasteiger partial charge < -0.3 is 10.5 Å². The van der Waals surface area contributed by atoms with Gasteiger partial charge in [-0.3, -0.25) is 0 Å². The van der Waals surface area contributed by atoms with E-state index >= 15 is 0 Å².